The second-order valence-corrected chi connectivity index (χ2v) is 4.54. The van der Waals surface area contributed by atoms with E-state index in [1.165, 1.54) is 13.3 Å². The molecule has 1 aliphatic rings. The molecule has 1 unspecified atom stereocenters. The number of rotatable bonds is 8. The summed E-state index contributed by atoms with van der Waals surface area (Å²) < 4.78 is 20.9. The van der Waals surface area contributed by atoms with E-state index in [-0.39, 0.29) is 6.10 Å². The normalized spacial score (nSPS) is 16.1. The first-order chi connectivity index (χ1) is 10.7. The molecule has 1 heterocycles. The van der Waals surface area contributed by atoms with E-state index in [4.69, 9.17) is 14.2 Å². The molecule has 1 saturated heterocycles. The van der Waals surface area contributed by atoms with Gasteiger partial charge in [0, 0.05) is 6.20 Å². The van der Waals surface area contributed by atoms with Crippen LogP contribution in [0.2, 0.25) is 0 Å². The summed E-state index contributed by atoms with van der Waals surface area (Å²) in [4.78, 5) is 11.0. The Labute approximate surface area is 129 Å². The Kier molecular flexibility index (Phi) is 5.85. The SMILES string of the molecule is C=CCOc1cc(/C=C/NC(=O)OC)ccc1OCC1CO1. The lowest BCUT2D eigenvalue weighted by atomic mass is 10.2. The molecule has 1 fully saturated rings. The highest BCUT2D eigenvalue weighted by atomic mass is 16.6. The van der Waals surface area contributed by atoms with Gasteiger partial charge in [-0.3, -0.25) is 5.32 Å². The van der Waals surface area contributed by atoms with Crippen LogP contribution in [0.3, 0.4) is 0 Å². The van der Waals surface area contributed by atoms with Crippen molar-refractivity contribution in [2.75, 3.05) is 26.9 Å². The van der Waals surface area contributed by atoms with Gasteiger partial charge in [0.2, 0.25) is 0 Å². The number of carbonyl (C=O) groups excluding carboxylic acids is 1. The fourth-order valence-electron chi connectivity index (χ4n) is 1.62. The van der Waals surface area contributed by atoms with Crippen LogP contribution in [0.1, 0.15) is 5.56 Å². The van der Waals surface area contributed by atoms with Gasteiger partial charge in [-0.05, 0) is 23.8 Å². The Morgan fingerprint density at radius 1 is 1.45 bits per heavy atom. The lowest BCUT2D eigenvalue weighted by Crippen LogP contribution is -2.15. The van der Waals surface area contributed by atoms with E-state index in [1.807, 2.05) is 18.2 Å². The molecule has 1 aromatic carbocycles. The minimum absolute atomic E-state index is 0.177. The zero-order valence-electron chi connectivity index (χ0n) is 12.4. The molecular formula is C16H19NO5. The van der Waals surface area contributed by atoms with Gasteiger partial charge in [0.15, 0.2) is 11.5 Å². The van der Waals surface area contributed by atoms with Crippen LogP contribution >= 0.6 is 0 Å². The van der Waals surface area contributed by atoms with Gasteiger partial charge in [-0.15, -0.1) is 0 Å². The maximum Gasteiger partial charge on any atom is 0.410 e. The molecule has 0 spiro atoms. The van der Waals surface area contributed by atoms with Crippen LogP contribution in [0.15, 0.2) is 37.1 Å². The van der Waals surface area contributed by atoms with Crippen LogP contribution in [-0.4, -0.2) is 39.1 Å². The van der Waals surface area contributed by atoms with E-state index in [1.54, 1.807) is 12.2 Å². The fourth-order valence-corrected chi connectivity index (χ4v) is 1.62. The van der Waals surface area contributed by atoms with Crippen LogP contribution in [0, 0.1) is 0 Å². The lowest BCUT2D eigenvalue weighted by Gasteiger charge is -2.12. The largest absolute Gasteiger partial charge is 0.487 e. The summed E-state index contributed by atoms with van der Waals surface area (Å²) in [6, 6.07) is 5.50. The van der Waals surface area contributed by atoms with Gasteiger partial charge in [0.25, 0.3) is 0 Å². The Bertz CT molecular complexity index is 551. The Morgan fingerprint density at radius 3 is 2.95 bits per heavy atom. The highest BCUT2D eigenvalue weighted by Gasteiger charge is 2.23. The van der Waals surface area contributed by atoms with Gasteiger partial charge in [-0.2, -0.15) is 0 Å². The maximum absolute atomic E-state index is 11.0. The fraction of sp³-hybridized carbons (Fsp3) is 0.312. The molecule has 0 bridgehead atoms. The first-order valence-electron chi connectivity index (χ1n) is 6.86. The summed E-state index contributed by atoms with van der Waals surface area (Å²) in [5.41, 5.74) is 0.852. The third-order valence-corrected chi connectivity index (χ3v) is 2.81. The minimum Gasteiger partial charge on any atom is -0.487 e. The van der Waals surface area contributed by atoms with Crippen molar-refractivity contribution in [3.8, 4) is 11.5 Å². The topological polar surface area (TPSA) is 69.3 Å². The number of amides is 1. The monoisotopic (exact) mass is 305 g/mol. The zero-order valence-corrected chi connectivity index (χ0v) is 12.4. The van der Waals surface area contributed by atoms with Crippen LogP contribution in [0.5, 0.6) is 11.5 Å². The number of epoxide rings is 1. The predicted molar refractivity (Wildman–Crippen MR) is 81.9 cm³/mol. The van der Waals surface area contributed by atoms with Crippen LogP contribution in [-0.2, 0) is 9.47 Å². The number of methoxy groups -OCH3 is 1. The second-order valence-electron chi connectivity index (χ2n) is 4.54. The number of nitrogens with one attached hydrogen (secondary N) is 1. The van der Waals surface area contributed by atoms with Crippen molar-refractivity contribution < 1.29 is 23.7 Å². The third-order valence-electron chi connectivity index (χ3n) is 2.81. The van der Waals surface area contributed by atoms with Crippen LogP contribution < -0.4 is 14.8 Å². The minimum atomic E-state index is -0.524. The first-order valence-corrected chi connectivity index (χ1v) is 6.86. The average Bonchev–Trinajstić information content (AvgIpc) is 3.36. The standard InChI is InChI=1S/C16H19NO5/c1-3-8-20-15-9-12(6-7-17-16(18)19-2)4-5-14(15)22-11-13-10-21-13/h3-7,9,13H,1,8,10-11H2,2H3,(H,17,18)/b7-6+. The van der Waals surface area contributed by atoms with Crippen molar-refractivity contribution in [3.05, 3.63) is 42.6 Å². The molecule has 0 aromatic heterocycles. The van der Waals surface area contributed by atoms with Gasteiger partial charge in [0.1, 0.15) is 19.3 Å². The summed E-state index contributed by atoms with van der Waals surface area (Å²) in [5.74, 6) is 1.26. The molecule has 0 aliphatic carbocycles. The van der Waals surface area contributed by atoms with Crippen molar-refractivity contribution in [2.45, 2.75) is 6.10 Å². The number of hydrogen-bond acceptors (Lipinski definition) is 5. The molecule has 0 saturated carbocycles. The van der Waals surface area contributed by atoms with Gasteiger partial charge in [0.05, 0.1) is 13.7 Å². The molecule has 0 radical (unpaired) electrons. The quantitative estimate of drug-likeness (QED) is 0.590. The molecule has 1 N–H and O–H groups in total. The Morgan fingerprint density at radius 2 is 2.27 bits per heavy atom. The van der Waals surface area contributed by atoms with Crippen molar-refractivity contribution >= 4 is 12.2 Å². The van der Waals surface area contributed by atoms with Crippen molar-refractivity contribution in [3.63, 3.8) is 0 Å². The van der Waals surface area contributed by atoms with E-state index < -0.39 is 6.09 Å². The molecule has 6 nitrogen and oxygen atoms in total. The number of ether oxygens (including phenoxy) is 4. The average molecular weight is 305 g/mol. The van der Waals surface area contributed by atoms with E-state index in [0.717, 1.165) is 12.2 Å². The summed E-state index contributed by atoms with van der Waals surface area (Å²) in [5, 5.41) is 2.46. The molecule has 1 aromatic rings. The number of benzene rings is 1. The van der Waals surface area contributed by atoms with Gasteiger partial charge in [-0.25, -0.2) is 4.79 Å². The highest BCUT2D eigenvalue weighted by Crippen LogP contribution is 2.29. The summed E-state index contributed by atoms with van der Waals surface area (Å²) in [6.45, 7) is 5.25. The lowest BCUT2D eigenvalue weighted by molar-refractivity contribution is 0.175. The molecule has 2 rings (SSSR count). The van der Waals surface area contributed by atoms with E-state index in [9.17, 15) is 4.79 Å². The number of carbonyl (C=O) groups is 1. The molecular weight excluding hydrogens is 286 g/mol. The first kappa shape index (κ1) is 15.9. The Balaban J connectivity index is 2.03. The second kappa shape index (κ2) is 8.09. The van der Waals surface area contributed by atoms with Gasteiger partial charge in [-0.1, -0.05) is 18.7 Å². The van der Waals surface area contributed by atoms with Crippen molar-refractivity contribution in [1.29, 1.82) is 0 Å². The molecule has 1 atom stereocenters. The summed E-state index contributed by atoms with van der Waals surface area (Å²) >= 11 is 0. The van der Waals surface area contributed by atoms with Gasteiger partial charge >= 0.3 is 6.09 Å². The van der Waals surface area contributed by atoms with Crippen LogP contribution in [0.25, 0.3) is 6.08 Å². The number of hydrogen-bond donors (Lipinski definition) is 1. The maximum atomic E-state index is 11.0. The van der Waals surface area contributed by atoms with Crippen molar-refractivity contribution in [2.24, 2.45) is 0 Å². The molecule has 22 heavy (non-hydrogen) atoms. The van der Waals surface area contributed by atoms with E-state index in [2.05, 4.69) is 16.6 Å². The van der Waals surface area contributed by atoms with E-state index >= 15 is 0 Å². The summed E-state index contributed by atoms with van der Waals surface area (Å²) in [6.07, 6.45) is 4.54. The Hall–Kier alpha value is -2.47. The smallest absolute Gasteiger partial charge is 0.410 e. The summed E-state index contributed by atoms with van der Waals surface area (Å²) in [7, 11) is 1.31. The highest BCUT2D eigenvalue weighted by molar-refractivity contribution is 5.69. The molecule has 118 valence electrons. The zero-order chi connectivity index (χ0) is 15.8. The third kappa shape index (κ3) is 5.14. The molecule has 6 heteroatoms. The molecule has 1 aliphatic heterocycles. The molecule has 1 amide bonds. The van der Waals surface area contributed by atoms with Gasteiger partial charge < -0.3 is 18.9 Å². The predicted octanol–water partition coefficient (Wildman–Crippen LogP) is 2.36. The van der Waals surface area contributed by atoms with Crippen molar-refractivity contribution in [1.82, 2.24) is 5.32 Å². The van der Waals surface area contributed by atoms with E-state index in [0.29, 0.717) is 24.7 Å². The van der Waals surface area contributed by atoms with Crippen LogP contribution in [0.4, 0.5) is 4.79 Å². The number of alkyl carbamates (subject to hydrolysis) is 1.